The van der Waals surface area contributed by atoms with Crippen LogP contribution in [-0.4, -0.2) is 0 Å². The van der Waals surface area contributed by atoms with Crippen molar-refractivity contribution in [3.05, 3.63) is 60.7 Å². The molecule has 64 valence electrons. The summed E-state index contributed by atoms with van der Waals surface area (Å²) in [5, 5.41) is 0. The molecule has 2 rings (SSSR count). The number of allylic oxidation sites excluding steroid dienone is 1. The molecule has 0 fully saturated rings. The zero-order chi connectivity index (χ0) is 9.10. The van der Waals surface area contributed by atoms with Crippen molar-refractivity contribution in [2.75, 3.05) is 0 Å². The Morgan fingerprint density at radius 1 is 1.00 bits per heavy atom. The fourth-order valence-corrected chi connectivity index (χ4v) is 1.56. The average Bonchev–Trinajstić information content (AvgIpc) is 2.37. The topological polar surface area (TPSA) is 0 Å². The van der Waals surface area contributed by atoms with Crippen LogP contribution in [0.25, 0.3) is 11.1 Å². The van der Waals surface area contributed by atoms with E-state index >= 15 is 0 Å². The van der Waals surface area contributed by atoms with Gasteiger partial charge in [-0.15, -0.1) is 6.58 Å². The first-order valence-electron chi connectivity index (χ1n) is 4.49. The molecule has 0 heterocycles. The standard InChI is InChI=1S/C13H12/c1-2-6-11-9-12-7-4-3-5-8-13(12)10-11/h2-5,7-10H,1,6H2. The molecule has 0 nitrogen and oxygen atoms in total. The van der Waals surface area contributed by atoms with Crippen LogP contribution < -0.4 is 0 Å². The van der Waals surface area contributed by atoms with Gasteiger partial charge in [-0.1, -0.05) is 48.5 Å². The summed E-state index contributed by atoms with van der Waals surface area (Å²) in [7, 11) is 0. The molecule has 0 heteroatoms. The van der Waals surface area contributed by atoms with Gasteiger partial charge < -0.3 is 0 Å². The second-order valence-corrected chi connectivity index (χ2v) is 3.18. The van der Waals surface area contributed by atoms with E-state index in [2.05, 4.69) is 43.0 Å². The third-order valence-corrected chi connectivity index (χ3v) is 2.17. The second kappa shape index (κ2) is 3.44. The van der Waals surface area contributed by atoms with Crippen molar-refractivity contribution in [1.82, 2.24) is 0 Å². The molecule has 0 saturated carbocycles. The monoisotopic (exact) mass is 168 g/mol. The highest BCUT2D eigenvalue weighted by Gasteiger charge is 2.02. The van der Waals surface area contributed by atoms with Crippen molar-refractivity contribution >= 4 is 0 Å². The maximum absolute atomic E-state index is 3.74. The summed E-state index contributed by atoms with van der Waals surface area (Å²) < 4.78 is 0. The Kier molecular flexibility index (Phi) is 2.13. The summed E-state index contributed by atoms with van der Waals surface area (Å²) in [6.45, 7) is 3.74. The molecule has 0 N–H and O–H groups in total. The van der Waals surface area contributed by atoms with E-state index in [1.165, 1.54) is 16.7 Å². The molecule has 2 aliphatic rings. The Morgan fingerprint density at radius 2 is 1.62 bits per heavy atom. The molecule has 0 saturated heterocycles. The van der Waals surface area contributed by atoms with E-state index in [-0.39, 0.29) is 0 Å². The van der Waals surface area contributed by atoms with Gasteiger partial charge >= 0.3 is 0 Å². The summed E-state index contributed by atoms with van der Waals surface area (Å²) in [6.07, 6.45) is 2.90. The molecule has 2 aliphatic carbocycles. The molecule has 0 radical (unpaired) electrons. The van der Waals surface area contributed by atoms with Gasteiger partial charge in [-0.25, -0.2) is 0 Å². The molecule has 0 aromatic carbocycles. The van der Waals surface area contributed by atoms with Gasteiger partial charge in [0.25, 0.3) is 0 Å². The number of rotatable bonds is 2. The first-order valence-corrected chi connectivity index (χ1v) is 4.49. The van der Waals surface area contributed by atoms with E-state index in [9.17, 15) is 0 Å². The van der Waals surface area contributed by atoms with Crippen LogP contribution in [0.4, 0.5) is 0 Å². The summed E-state index contributed by atoms with van der Waals surface area (Å²) in [6, 6.07) is 14.9. The lowest BCUT2D eigenvalue weighted by Gasteiger charge is -1.85. The lowest BCUT2D eigenvalue weighted by atomic mass is 10.2. The van der Waals surface area contributed by atoms with Crippen LogP contribution in [0.15, 0.2) is 55.1 Å². The van der Waals surface area contributed by atoms with Crippen molar-refractivity contribution in [2.24, 2.45) is 0 Å². The Balaban J connectivity index is 2.50. The number of hydrogen-bond donors (Lipinski definition) is 0. The van der Waals surface area contributed by atoms with Gasteiger partial charge in [0.1, 0.15) is 0 Å². The molecule has 0 spiro atoms. The van der Waals surface area contributed by atoms with Crippen LogP contribution in [0.3, 0.4) is 0 Å². The molecule has 0 atom stereocenters. The van der Waals surface area contributed by atoms with E-state index in [1.54, 1.807) is 0 Å². The van der Waals surface area contributed by atoms with E-state index < -0.39 is 0 Å². The predicted octanol–water partition coefficient (Wildman–Crippen LogP) is 3.52. The third-order valence-electron chi connectivity index (χ3n) is 2.17. The molecule has 0 bridgehead atoms. The number of hydrogen-bond acceptors (Lipinski definition) is 0. The molecular formula is C13H12. The summed E-state index contributed by atoms with van der Waals surface area (Å²) >= 11 is 0. The highest BCUT2D eigenvalue weighted by Crippen LogP contribution is 2.24. The Hall–Kier alpha value is -1.56. The van der Waals surface area contributed by atoms with Crippen molar-refractivity contribution < 1.29 is 0 Å². The van der Waals surface area contributed by atoms with Crippen LogP contribution >= 0.6 is 0 Å². The van der Waals surface area contributed by atoms with Crippen LogP contribution in [0.1, 0.15) is 5.56 Å². The van der Waals surface area contributed by atoms with Gasteiger partial charge in [0.2, 0.25) is 0 Å². The largest absolute Gasteiger partial charge is 0.103 e. The quantitative estimate of drug-likeness (QED) is 0.602. The van der Waals surface area contributed by atoms with E-state index in [0.717, 1.165) is 6.42 Å². The van der Waals surface area contributed by atoms with Crippen molar-refractivity contribution in [3.63, 3.8) is 0 Å². The molecule has 0 aliphatic heterocycles. The average molecular weight is 168 g/mol. The van der Waals surface area contributed by atoms with Gasteiger partial charge in [-0.3, -0.25) is 0 Å². The van der Waals surface area contributed by atoms with Gasteiger partial charge in [0.05, 0.1) is 0 Å². The minimum atomic E-state index is 0.957. The highest BCUT2D eigenvalue weighted by atomic mass is 14.1. The fourth-order valence-electron chi connectivity index (χ4n) is 1.56. The lowest BCUT2D eigenvalue weighted by Crippen LogP contribution is -1.69. The minimum Gasteiger partial charge on any atom is -0.103 e. The van der Waals surface area contributed by atoms with Gasteiger partial charge in [-0.2, -0.15) is 0 Å². The fraction of sp³-hybridized carbons (Fsp3) is 0.0769. The molecular weight excluding hydrogens is 156 g/mol. The van der Waals surface area contributed by atoms with E-state index in [0.29, 0.717) is 0 Å². The zero-order valence-corrected chi connectivity index (χ0v) is 7.53. The molecule has 0 amide bonds. The first kappa shape index (κ1) is 8.06. The van der Waals surface area contributed by atoms with E-state index in [4.69, 9.17) is 0 Å². The summed E-state index contributed by atoms with van der Waals surface area (Å²) in [5.41, 5.74) is 3.96. The highest BCUT2D eigenvalue weighted by molar-refractivity contribution is 5.68. The third kappa shape index (κ3) is 1.62. The van der Waals surface area contributed by atoms with Gasteiger partial charge in [0.15, 0.2) is 0 Å². The maximum Gasteiger partial charge on any atom is -0.00997 e. The summed E-state index contributed by atoms with van der Waals surface area (Å²) in [4.78, 5) is 0. The van der Waals surface area contributed by atoms with Crippen molar-refractivity contribution in [1.29, 1.82) is 0 Å². The minimum absolute atomic E-state index is 0.957. The number of fused-ring (bicyclic) bond motifs is 1. The Labute approximate surface area is 78.9 Å². The molecule has 0 aromatic rings. The molecule has 0 aromatic heterocycles. The molecule has 13 heavy (non-hydrogen) atoms. The van der Waals surface area contributed by atoms with Gasteiger partial charge in [-0.05, 0) is 23.1 Å². The SMILES string of the molecule is C=CCc1cc2cccccc-2c1. The van der Waals surface area contributed by atoms with Crippen LogP contribution in [0.2, 0.25) is 0 Å². The second-order valence-electron chi connectivity index (χ2n) is 3.18. The van der Waals surface area contributed by atoms with Crippen LogP contribution in [0.5, 0.6) is 0 Å². The normalized spacial score (nSPS) is 10.2. The summed E-state index contributed by atoms with van der Waals surface area (Å²) in [5.74, 6) is 0. The first-order chi connectivity index (χ1) is 6.40. The van der Waals surface area contributed by atoms with E-state index in [1.807, 2.05) is 12.1 Å². The zero-order valence-electron chi connectivity index (χ0n) is 7.53. The molecule has 0 unspecified atom stereocenters. The smallest absolute Gasteiger partial charge is 0.00997 e. The van der Waals surface area contributed by atoms with Gasteiger partial charge in [0, 0.05) is 0 Å². The predicted molar refractivity (Wildman–Crippen MR) is 57.0 cm³/mol. The Morgan fingerprint density at radius 3 is 2.15 bits per heavy atom. The lowest BCUT2D eigenvalue weighted by molar-refractivity contribution is 1.31. The van der Waals surface area contributed by atoms with Crippen LogP contribution in [-0.2, 0) is 6.42 Å². The maximum atomic E-state index is 3.74. The Bertz CT molecular complexity index is 357. The van der Waals surface area contributed by atoms with Crippen molar-refractivity contribution in [3.8, 4) is 11.1 Å². The van der Waals surface area contributed by atoms with Crippen molar-refractivity contribution in [2.45, 2.75) is 6.42 Å². The van der Waals surface area contributed by atoms with Crippen LogP contribution in [0, 0.1) is 0 Å².